The SMILES string of the molecule is COc1ccnc(N2CCCC(O)(c3cn(C(C)C)nn3)C2)n1. The van der Waals surface area contributed by atoms with E-state index in [1.165, 1.54) is 0 Å². The number of hydrogen-bond donors (Lipinski definition) is 1. The molecule has 0 saturated carbocycles. The number of piperidine rings is 1. The number of ether oxygens (including phenoxy) is 1. The van der Waals surface area contributed by atoms with E-state index in [1.807, 2.05) is 24.9 Å². The summed E-state index contributed by atoms with van der Waals surface area (Å²) in [7, 11) is 1.57. The molecule has 1 aliphatic heterocycles. The molecule has 0 spiro atoms. The van der Waals surface area contributed by atoms with Gasteiger partial charge in [-0.25, -0.2) is 9.67 Å². The summed E-state index contributed by atoms with van der Waals surface area (Å²) in [6.45, 7) is 5.23. The lowest BCUT2D eigenvalue weighted by Crippen LogP contribution is -2.47. The molecular formula is C15H22N6O2. The van der Waals surface area contributed by atoms with Gasteiger partial charge in [0.15, 0.2) is 0 Å². The number of nitrogens with zero attached hydrogens (tertiary/aromatic N) is 6. The third-order valence-corrected chi connectivity index (χ3v) is 4.10. The van der Waals surface area contributed by atoms with Gasteiger partial charge in [0, 0.05) is 24.8 Å². The van der Waals surface area contributed by atoms with Crippen molar-refractivity contribution < 1.29 is 9.84 Å². The van der Waals surface area contributed by atoms with Gasteiger partial charge < -0.3 is 14.7 Å². The van der Waals surface area contributed by atoms with E-state index >= 15 is 0 Å². The van der Waals surface area contributed by atoms with Crippen molar-refractivity contribution >= 4 is 5.95 Å². The van der Waals surface area contributed by atoms with Gasteiger partial charge in [0.25, 0.3) is 0 Å². The molecule has 0 aliphatic carbocycles. The number of aliphatic hydroxyl groups is 1. The molecule has 1 fully saturated rings. The van der Waals surface area contributed by atoms with Gasteiger partial charge in [-0.3, -0.25) is 0 Å². The average Bonchev–Trinajstić information content (AvgIpc) is 3.06. The first-order valence-electron chi connectivity index (χ1n) is 7.78. The highest BCUT2D eigenvalue weighted by Gasteiger charge is 2.38. The Morgan fingerprint density at radius 3 is 2.91 bits per heavy atom. The van der Waals surface area contributed by atoms with Crippen LogP contribution in [0.2, 0.25) is 0 Å². The topological polar surface area (TPSA) is 89.2 Å². The fraction of sp³-hybridized carbons (Fsp3) is 0.600. The van der Waals surface area contributed by atoms with Crippen molar-refractivity contribution in [3.8, 4) is 5.88 Å². The molecule has 1 N–H and O–H groups in total. The standard InChI is InChI=1S/C15H22N6O2/c1-11(2)21-9-12(18-19-21)15(22)6-4-8-20(10-15)14-16-7-5-13(17-14)23-3/h5,7,9,11,22H,4,6,8,10H2,1-3H3. The van der Waals surface area contributed by atoms with Crippen LogP contribution in [-0.4, -0.2) is 50.3 Å². The van der Waals surface area contributed by atoms with E-state index in [1.54, 1.807) is 24.1 Å². The number of rotatable bonds is 4. The summed E-state index contributed by atoms with van der Waals surface area (Å²) >= 11 is 0. The molecule has 1 unspecified atom stereocenters. The fourth-order valence-corrected chi connectivity index (χ4v) is 2.76. The highest BCUT2D eigenvalue weighted by atomic mass is 16.5. The van der Waals surface area contributed by atoms with E-state index in [0.717, 1.165) is 13.0 Å². The molecule has 1 aliphatic rings. The van der Waals surface area contributed by atoms with Crippen molar-refractivity contribution in [2.75, 3.05) is 25.1 Å². The van der Waals surface area contributed by atoms with Crippen LogP contribution in [0.4, 0.5) is 5.95 Å². The molecule has 0 bridgehead atoms. The Kier molecular flexibility index (Phi) is 4.16. The predicted molar refractivity (Wildman–Crippen MR) is 84.3 cm³/mol. The number of methoxy groups -OCH3 is 1. The molecule has 0 aromatic carbocycles. The van der Waals surface area contributed by atoms with Gasteiger partial charge in [-0.15, -0.1) is 5.10 Å². The highest BCUT2D eigenvalue weighted by Crippen LogP contribution is 2.32. The Morgan fingerprint density at radius 2 is 2.22 bits per heavy atom. The van der Waals surface area contributed by atoms with Crippen molar-refractivity contribution in [1.29, 1.82) is 0 Å². The van der Waals surface area contributed by atoms with Crippen LogP contribution in [-0.2, 0) is 5.60 Å². The summed E-state index contributed by atoms with van der Waals surface area (Å²) in [5, 5.41) is 19.3. The van der Waals surface area contributed by atoms with Crippen LogP contribution in [0.5, 0.6) is 5.88 Å². The average molecular weight is 318 g/mol. The smallest absolute Gasteiger partial charge is 0.228 e. The molecule has 3 rings (SSSR count). The minimum atomic E-state index is -1.04. The minimum absolute atomic E-state index is 0.210. The molecule has 124 valence electrons. The summed E-state index contributed by atoms with van der Waals surface area (Å²) in [6.07, 6.45) is 4.94. The molecule has 1 atom stereocenters. The normalized spacial score (nSPS) is 21.7. The van der Waals surface area contributed by atoms with E-state index in [-0.39, 0.29) is 6.04 Å². The highest BCUT2D eigenvalue weighted by molar-refractivity contribution is 5.34. The van der Waals surface area contributed by atoms with E-state index in [0.29, 0.717) is 30.5 Å². The Labute approximate surface area is 135 Å². The largest absolute Gasteiger partial charge is 0.481 e. The first-order valence-corrected chi connectivity index (χ1v) is 7.78. The summed E-state index contributed by atoms with van der Waals surface area (Å²) in [6, 6.07) is 1.91. The minimum Gasteiger partial charge on any atom is -0.481 e. The first-order chi connectivity index (χ1) is 11.0. The van der Waals surface area contributed by atoms with Gasteiger partial charge in [0.2, 0.25) is 11.8 Å². The molecule has 0 radical (unpaired) electrons. The lowest BCUT2D eigenvalue weighted by Gasteiger charge is -2.37. The van der Waals surface area contributed by atoms with Crippen LogP contribution in [0.15, 0.2) is 18.5 Å². The maximum Gasteiger partial charge on any atom is 0.228 e. The predicted octanol–water partition coefficient (Wildman–Crippen LogP) is 1.15. The summed E-state index contributed by atoms with van der Waals surface area (Å²) in [5.41, 5.74) is -0.448. The second-order valence-electron chi connectivity index (χ2n) is 6.13. The lowest BCUT2D eigenvalue weighted by molar-refractivity contribution is 0.0172. The molecule has 2 aromatic rings. The molecule has 8 nitrogen and oxygen atoms in total. The van der Waals surface area contributed by atoms with Gasteiger partial charge in [0.05, 0.1) is 19.9 Å². The molecule has 2 aromatic heterocycles. The van der Waals surface area contributed by atoms with Gasteiger partial charge in [-0.05, 0) is 26.7 Å². The summed E-state index contributed by atoms with van der Waals surface area (Å²) in [4.78, 5) is 10.6. The Hall–Kier alpha value is -2.22. The van der Waals surface area contributed by atoms with Crippen LogP contribution in [0, 0.1) is 0 Å². The monoisotopic (exact) mass is 318 g/mol. The summed E-state index contributed by atoms with van der Waals surface area (Å²) in [5.74, 6) is 1.06. The second-order valence-corrected chi connectivity index (χ2v) is 6.13. The van der Waals surface area contributed by atoms with Gasteiger partial charge >= 0.3 is 0 Å². The zero-order valence-electron chi connectivity index (χ0n) is 13.7. The van der Waals surface area contributed by atoms with Crippen molar-refractivity contribution in [2.24, 2.45) is 0 Å². The molecule has 0 amide bonds. The quantitative estimate of drug-likeness (QED) is 0.904. The zero-order valence-corrected chi connectivity index (χ0v) is 13.7. The number of hydrogen-bond acceptors (Lipinski definition) is 7. The van der Waals surface area contributed by atoms with Crippen molar-refractivity contribution in [3.63, 3.8) is 0 Å². The molecule has 8 heteroatoms. The van der Waals surface area contributed by atoms with Crippen LogP contribution in [0.1, 0.15) is 38.4 Å². The maximum atomic E-state index is 11.1. The maximum absolute atomic E-state index is 11.1. The van der Waals surface area contributed by atoms with Crippen molar-refractivity contribution in [1.82, 2.24) is 25.0 Å². The van der Waals surface area contributed by atoms with Gasteiger partial charge in [-0.2, -0.15) is 4.98 Å². The number of aromatic nitrogens is 5. The van der Waals surface area contributed by atoms with Crippen molar-refractivity contribution in [2.45, 2.75) is 38.3 Å². The Bertz CT molecular complexity index is 673. The van der Waals surface area contributed by atoms with E-state index < -0.39 is 5.60 Å². The lowest BCUT2D eigenvalue weighted by atomic mass is 9.90. The third kappa shape index (κ3) is 3.12. The Morgan fingerprint density at radius 1 is 1.39 bits per heavy atom. The summed E-state index contributed by atoms with van der Waals surface area (Å²) < 4.78 is 6.90. The van der Waals surface area contributed by atoms with E-state index in [9.17, 15) is 5.11 Å². The van der Waals surface area contributed by atoms with Gasteiger partial charge in [0.1, 0.15) is 11.3 Å². The third-order valence-electron chi connectivity index (χ3n) is 4.10. The van der Waals surface area contributed by atoms with Crippen LogP contribution < -0.4 is 9.64 Å². The Balaban J connectivity index is 1.83. The fourth-order valence-electron chi connectivity index (χ4n) is 2.76. The molecule has 1 saturated heterocycles. The molecule has 23 heavy (non-hydrogen) atoms. The molecule has 3 heterocycles. The van der Waals surface area contributed by atoms with E-state index in [2.05, 4.69) is 20.3 Å². The van der Waals surface area contributed by atoms with Crippen molar-refractivity contribution in [3.05, 3.63) is 24.2 Å². The van der Waals surface area contributed by atoms with E-state index in [4.69, 9.17) is 4.74 Å². The molecular weight excluding hydrogens is 296 g/mol. The zero-order chi connectivity index (χ0) is 16.4. The van der Waals surface area contributed by atoms with Gasteiger partial charge in [-0.1, -0.05) is 5.21 Å². The van der Waals surface area contributed by atoms with Crippen LogP contribution in [0.25, 0.3) is 0 Å². The van der Waals surface area contributed by atoms with Crippen LogP contribution in [0.3, 0.4) is 0 Å². The first kappa shape index (κ1) is 15.7. The number of β-amino-alcohol motifs (C(OH)–C–C–N with tert-alkyl or cyclic N) is 1. The van der Waals surface area contributed by atoms with Crippen LogP contribution >= 0.6 is 0 Å². The number of anilines is 1. The second kappa shape index (κ2) is 6.11.